The molecular weight excluding hydrogens is 434 g/mol. The largest absolute Gasteiger partial charge is 0.496 e. The molecule has 1 aliphatic rings. The zero-order valence-electron chi connectivity index (χ0n) is 15.6. The number of fused-ring (bicyclic) bond motifs is 3. The molecule has 0 saturated heterocycles. The van der Waals surface area contributed by atoms with E-state index in [2.05, 4.69) is 29.8 Å². The Labute approximate surface area is 171 Å². The maximum atomic E-state index is 12.8. The fraction of sp³-hybridized carbons (Fsp3) is 0.400. The van der Waals surface area contributed by atoms with Crippen LogP contribution in [0.15, 0.2) is 27.6 Å². The molecular formula is C20H21BrClNO4. The molecule has 0 radical (unpaired) electrons. The number of benzene rings is 1. The first-order chi connectivity index (χ1) is 12.8. The van der Waals surface area contributed by atoms with E-state index in [0.717, 1.165) is 22.0 Å². The van der Waals surface area contributed by atoms with Crippen molar-refractivity contribution in [1.82, 2.24) is 4.57 Å². The molecule has 0 aliphatic carbocycles. The molecule has 1 unspecified atom stereocenters. The molecule has 144 valence electrons. The molecule has 0 fully saturated rings. The van der Waals surface area contributed by atoms with Crippen LogP contribution in [0, 0.1) is 5.92 Å². The van der Waals surface area contributed by atoms with E-state index < -0.39 is 11.4 Å². The topological polar surface area (TPSA) is 57.5 Å². The number of aromatic nitrogens is 1. The molecule has 7 heteroatoms. The average Bonchev–Trinajstić information content (AvgIpc) is 2.62. The molecule has 2 aromatic rings. The Morgan fingerprint density at radius 1 is 1.41 bits per heavy atom. The molecule has 0 spiro atoms. The molecule has 5 nitrogen and oxygen atoms in total. The highest BCUT2D eigenvalue weighted by atomic mass is 79.9. The summed E-state index contributed by atoms with van der Waals surface area (Å²) < 4.78 is 13.2. The second kappa shape index (κ2) is 7.68. The molecule has 1 atom stereocenters. The summed E-state index contributed by atoms with van der Waals surface area (Å²) in [5.41, 5.74) is 1.97. The van der Waals surface area contributed by atoms with Crippen LogP contribution in [0.25, 0.3) is 11.3 Å². The van der Waals surface area contributed by atoms with Gasteiger partial charge < -0.3 is 14.0 Å². The molecule has 1 aromatic carbocycles. The standard InChI is InChI=1S/C20H21BrClNO4/c1-5-27-20(25)13-9-23-15(10(2)3)7-11-6-14(21)16(26-4)8-12(11)18(23)17(22)19(13)24/h6,8-10,15H,5,7H2,1-4H3. The van der Waals surface area contributed by atoms with Crippen LogP contribution in [0.2, 0.25) is 5.02 Å². The quantitative estimate of drug-likeness (QED) is 0.619. The first kappa shape index (κ1) is 20.0. The Kier molecular flexibility index (Phi) is 5.68. The van der Waals surface area contributed by atoms with Crippen molar-refractivity contribution in [3.05, 3.63) is 49.2 Å². The van der Waals surface area contributed by atoms with Crippen molar-refractivity contribution in [3.8, 4) is 17.0 Å². The third kappa shape index (κ3) is 3.41. The lowest BCUT2D eigenvalue weighted by atomic mass is 9.87. The minimum absolute atomic E-state index is 0.0246. The van der Waals surface area contributed by atoms with Crippen LogP contribution in [-0.4, -0.2) is 24.3 Å². The maximum Gasteiger partial charge on any atom is 0.343 e. The molecule has 2 heterocycles. The first-order valence-corrected chi connectivity index (χ1v) is 9.95. The normalized spacial score (nSPS) is 15.3. The monoisotopic (exact) mass is 453 g/mol. The van der Waals surface area contributed by atoms with Gasteiger partial charge in [0.15, 0.2) is 0 Å². The van der Waals surface area contributed by atoms with E-state index in [1.807, 2.05) is 16.7 Å². The second-order valence-electron chi connectivity index (χ2n) is 6.82. The molecule has 27 heavy (non-hydrogen) atoms. The fourth-order valence-electron chi connectivity index (χ4n) is 3.50. The average molecular weight is 455 g/mol. The van der Waals surface area contributed by atoms with E-state index in [1.54, 1.807) is 20.2 Å². The van der Waals surface area contributed by atoms with Gasteiger partial charge in [-0.05, 0) is 52.9 Å². The lowest BCUT2D eigenvalue weighted by Gasteiger charge is -2.34. The van der Waals surface area contributed by atoms with Crippen LogP contribution in [0.3, 0.4) is 0 Å². The molecule has 1 aliphatic heterocycles. The SMILES string of the molecule is CCOC(=O)c1cn2c(c(Cl)c1=O)-c1cc(OC)c(Br)cc1CC2C(C)C. The van der Waals surface area contributed by atoms with Gasteiger partial charge in [0.25, 0.3) is 0 Å². The predicted octanol–water partition coefficient (Wildman–Crippen LogP) is 4.87. The zero-order chi connectivity index (χ0) is 19.9. The third-order valence-corrected chi connectivity index (χ3v) is 5.83. The van der Waals surface area contributed by atoms with Crippen molar-refractivity contribution in [2.75, 3.05) is 13.7 Å². The Balaban J connectivity index is 2.33. The third-order valence-electron chi connectivity index (χ3n) is 4.86. The summed E-state index contributed by atoms with van der Waals surface area (Å²) in [6.07, 6.45) is 2.34. The van der Waals surface area contributed by atoms with Gasteiger partial charge in [-0.15, -0.1) is 0 Å². The molecule has 0 saturated carbocycles. The number of halogens is 2. The zero-order valence-corrected chi connectivity index (χ0v) is 18.0. The highest BCUT2D eigenvalue weighted by Gasteiger charge is 2.31. The number of ether oxygens (including phenoxy) is 2. The maximum absolute atomic E-state index is 12.8. The number of hydrogen-bond donors (Lipinski definition) is 0. The van der Waals surface area contributed by atoms with Gasteiger partial charge in [-0.25, -0.2) is 4.79 Å². The van der Waals surface area contributed by atoms with Crippen LogP contribution < -0.4 is 10.2 Å². The lowest BCUT2D eigenvalue weighted by molar-refractivity contribution is 0.0523. The number of esters is 1. The van der Waals surface area contributed by atoms with E-state index >= 15 is 0 Å². The van der Waals surface area contributed by atoms with Gasteiger partial charge in [0.05, 0.1) is 23.9 Å². The van der Waals surface area contributed by atoms with E-state index in [-0.39, 0.29) is 29.2 Å². The van der Waals surface area contributed by atoms with E-state index in [9.17, 15) is 9.59 Å². The summed E-state index contributed by atoms with van der Waals surface area (Å²) in [5, 5.41) is 0.0246. The highest BCUT2D eigenvalue weighted by molar-refractivity contribution is 9.10. The number of hydrogen-bond acceptors (Lipinski definition) is 4. The first-order valence-electron chi connectivity index (χ1n) is 8.78. The van der Waals surface area contributed by atoms with Crippen LogP contribution in [-0.2, 0) is 11.2 Å². The molecule has 3 rings (SSSR count). The summed E-state index contributed by atoms with van der Waals surface area (Å²) in [5.74, 6) is 0.272. The van der Waals surface area contributed by atoms with Crippen molar-refractivity contribution >= 4 is 33.5 Å². The fourth-order valence-corrected chi connectivity index (χ4v) is 4.35. The van der Waals surface area contributed by atoms with Gasteiger partial charge in [-0.2, -0.15) is 0 Å². The van der Waals surface area contributed by atoms with Crippen LogP contribution in [0.4, 0.5) is 0 Å². The van der Waals surface area contributed by atoms with Crippen LogP contribution in [0.1, 0.15) is 42.7 Å². The highest BCUT2D eigenvalue weighted by Crippen LogP contribution is 2.43. The lowest BCUT2D eigenvalue weighted by Crippen LogP contribution is -2.29. The number of methoxy groups -OCH3 is 1. The van der Waals surface area contributed by atoms with Gasteiger partial charge >= 0.3 is 5.97 Å². The number of pyridine rings is 1. The van der Waals surface area contributed by atoms with Crippen molar-refractivity contribution in [2.45, 2.75) is 33.2 Å². The predicted molar refractivity (Wildman–Crippen MR) is 109 cm³/mol. The summed E-state index contributed by atoms with van der Waals surface area (Å²) in [6, 6.07) is 3.93. The summed E-state index contributed by atoms with van der Waals surface area (Å²) in [6.45, 7) is 6.11. The van der Waals surface area contributed by atoms with E-state index in [1.165, 1.54) is 0 Å². The summed E-state index contributed by atoms with van der Waals surface area (Å²) in [4.78, 5) is 25.0. The molecule has 1 aromatic heterocycles. The Hall–Kier alpha value is -1.79. The van der Waals surface area contributed by atoms with Crippen molar-refractivity contribution in [3.63, 3.8) is 0 Å². The summed E-state index contributed by atoms with van der Waals surface area (Å²) in [7, 11) is 1.59. The summed E-state index contributed by atoms with van der Waals surface area (Å²) >= 11 is 10.0. The Bertz CT molecular complexity index is 967. The second-order valence-corrected chi connectivity index (χ2v) is 8.05. The molecule has 0 N–H and O–H groups in total. The van der Waals surface area contributed by atoms with Crippen molar-refractivity contribution in [2.24, 2.45) is 5.92 Å². The van der Waals surface area contributed by atoms with Gasteiger partial charge in [0.2, 0.25) is 5.43 Å². The minimum atomic E-state index is -0.651. The minimum Gasteiger partial charge on any atom is -0.496 e. The number of carbonyl (C=O) groups is 1. The number of rotatable bonds is 4. The van der Waals surface area contributed by atoms with Crippen LogP contribution >= 0.6 is 27.5 Å². The van der Waals surface area contributed by atoms with Crippen molar-refractivity contribution in [1.29, 1.82) is 0 Å². The van der Waals surface area contributed by atoms with Gasteiger partial charge in [0.1, 0.15) is 16.3 Å². The van der Waals surface area contributed by atoms with Crippen molar-refractivity contribution < 1.29 is 14.3 Å². The number of nitrogens with zero attached hydrogens (tertiary/aromatic N) is 1. The Morgan fingerprint density at radius 2 is 2.11 bits per heavy atom. The smallest absolute Gasteiger partial charge is 0.343 e. The van der Waals surface area contributed by atoms with Gasteiger partial charge in [0, 0.05) is 17.8 Å². The Morgan fingerprint density at radius 3 is 2.70 bits per heavy atom. The molecule has 0 amide bonds. The number of carbonyl (C=O) groups excluding carboxylic acids is 1. The van der Waals surface area contributed by atoms with Crippen LogP contribution in [0.5, 0.6) is 5.75 Å². The van der Waals surface area contributed by atoms with E-state index in [4.69, 9.17) is 21.1 Å². The van der Waals surface area contributed by atoms with E-state index in [0.29, 0.717) is 11.4 Å². The van der Waals surface area contributed by atoms with Gasteiger partial charge in [-0.3, -0.25) is 4.79 Å². The molecule has 0 bridgehead atoms. The van der Waals surface area contributed by atoms with Gasteiger partial charge in [-0.1, -0.05) is 25.4 Å².